The summed E-state index contributed by atoms with van der Waals surface area (Å²) in [7, 11) is 0. The smallest absolute Gasteiger partial charge is 0.223 e. The molecule has 1 atom stereocenters. The Bertz CT molecular complexity index is 1440. The zero-order valence-electron chi connectivity index (χ0n) is 18.4. The van der Waals surface area contributed by atoms with Crippen molar-refractivity contribution in [3.63, 3.8) is 0 Å². The number of imidazole rings is 1. The number of nitrogens with one attached hydrogen (secondary N) is 2. The van der Waals surface area contributed by atoms with Crippen LogP contribution in [0.3, 0.4) is 0 Å². The number of hydrogen-bond donors (Lipinski definition) is 2. The number of amides is 1. The predicted octanol–water partition coefficient (Wildman–Crippen LogP) is 2.52. The molecule has 1 aliphatic heterocycles. The molecule has 0 spiro atoms. The van der Waals surface area contributed by atoms with E-state index in [4.69, 9.17) is 0 Å². The number of hydrogen-bond acceptors (Lipinski definition) is 7. The van der Waals surface area contributed by atoms with Gasteiger partial charge in [-0.3, -0.25) is 4.79 Å². The lowest BCUT2D eigenvalue weighted by molar-refractivity contribution is -0.126. The van der Waals surface area contributed by atoms with Crippen LogP contribution in [-0.2, 0) is 4.79 Å². The van der Waals surface area contributed by atoms with Crippen molar-refractivity contribution in [2.75, 3.05) is 18.0 Å². The van der Waals surface area contributed by atoms with E-state index in [-0.39, 0.29) is 17.9 Å². The number of aromatic nitrogens is 7. The standard InChI is InChI=1S/C24H23N9O/c34-24(17-10-12-32(13-11-17)22-9-8-21-28-30-31-33(21)29-22)27-23(16-4-2-1-3-5-16)18-6-7-19-20(14-18)26-15-25-19/h1-9,14-15,17,23H,10-13H2,(H,25,26)(H,27,34). The minimum absolute atomic E-state index is 0.0601. The minimum atomic E-state index is -0.233. The number of carbonyl (C=O) groups excluding carboxylic acids is 1. The summed E-state index contributed by atoms with van der Waals surface area (Å²) in [5.41, 5.74) is 4.54. The van der Waals surface area contributed by atoms with E-state index in [0.29, 0.717) is 5.65 Å². The van der Waals surface area contributed by atoms with Gasteiger partial charge in [-0.15, -0.1) is 14.8 Å². The zero-order valence-corrected chi connectivity index (χ0v) is 18.4. The molecule has 2 N–H and O–H groups in total. The Labute approximate surface area is 195 Å². The van der Waals surface area contributed by atoms with E-state index < -0.39 is 0 Å². The number of benzene rings is 2. The van der Waals surface area contributed by atoms with Crippen LogP contribution in [0.1, 0.15) is 30.0 Å². The fourth-order valence-electron chi connectivity index (χ4n) is 4.58. The maximum Gasteiger partial charge on any atom is 0.223 e. The highest BCUT2D eigenvalue weighted by atomic mass is 16.2. The fraction of sp³-hybridized carbons (Fsp3) is 0.250. The lowest BCUT2D eigenvalue weighted by Crippen LogP contribution is -2.42. The molecule has 0 saturated carbocycles. The molecule has 0 aliphatic carbocycles. The van der Waals surface area contributed by atoms with Gasteiger partial charge in [0.1, 0.15) is 0 Å². The molecule has 1 fully saturated rings. The van der Waals surface area contributed by atoms with Crippen molar-refractivity contribution < 1.29 is 4.79 Å². The summed E-state index contributed by atoms with van der Waals surface area (Å²) < 4.78 is 1.43. The van der Waals surface area contributed by atoms with Gasteiger partial charge in [-0.1, -0.05) is 36.4 Å². The Morgan fingerprint density at radius 2 is 1.88 bits per heavy atom. The Morgan fingerprint density at radius 1 is 1.03 bits per heavy atom. The van der Waals surface area contributed by atoms with E-state index in [1.807, 2.05) is 54.6 Å². The monoisotopic (exact) mass is 453 g/mol. The van der Waals surface area contributed by atoms with E-state index in [1.54, 1.807) is 6.33 Å². The van der Waals surface area contributed by atoms with Gasteiger partial charge in [0.15, 0.2) is 11.5 Å². The summed E-state index contributed by atoms with van der Waals surface area (Å²) in [5, 5.41) is 19.2. The number of carbonyl (C=O) groups is 1. The molecule has 1 amide bonds. The quantitative estimate of drug-likeness (QED) is 0.420. The van der Waals surface area contributed by atoms with Gasteiger partial charge < -0.3 is 15.2 Å². The van der Waals surface area contributed by atoms with Gasteiger partial charge >= 0.3 is 0 Å². The average molecular weight is 454 g/mol. The molecule has 2 aromatic carbocycles. The Kier molecular flexibility index (Phi) is 5.10. The number of anilines is 1. The maximum absolute atomic E-state index is 13.4. The number of nitrogens with zero attached hydrogens (tertiary/aromatic N) is 7. The lowest BCUT2D eigenvalue weighted by atomic mass is 9.93. The summed E-state index contributed by atoms with van der Waals surface area (Å²) in [6, 6.07) is 19.7. The van der Waals surface area contributed by atoms with Crippen molar-refractivity contribution >= 4 is 28.4 Å². The third-order valence-electron chi connectivity index (χ3n) is 6.44. The van der Waals surface area contributed by atoms with E-state index in [1.165, 1.54) is 4.63 Å². The van der Waals surface area contributed by atoms with E-state index in [0.717, 1.165) is 53.9 Å². The second-order valence-electron chi connectivity index (χ2n) is 8.51. The van der Waals surface area contributed by atoms with Gasteiger partial charge in [-0.25, -0.2) is 4.98 Å². The highest BCUT2D eigenvalue weighted by molar-refractivity contribution is 5.81. The van der Waals surface area contributed by atoms with Crippen molar-refractivity contribution in [3.8, 4) is 0 Å². The summed E-state index contributed by atoms with van der Waals surface area (Å²) in [5.74, 6) is 0.825. The first-order chi connectivity index (χ1) is 16.7. The van der Waals surface area contributed by atoms with Crippen molar-refractivity contribution in [3.05, 3.63) is 78.1 Å². The topological polar surface area (TPSA) is 117 Å². The van der Waals surface area contributed by atoms with E-state index >= 15 is 0 Å². The first-order valence-electron chi connectivity index (χ1n) is 11.3. The molecular formula is C24H23N9O. The molecule has 1 saturated heterocycles. The molecular weight excluding hydrogens is 430 g/mol. The van der Waals surface area contributed by atoms with Crippen LogP contribution in [0.15, 0.2) is 67.0 Å². The molecule has 6 rings (SSSR count). The van der Waals surface area contributed by atoms with Gasteiger partial charge in [0.25, 0.3) is 0 Å². The summed E-state index contributed by atoms with van der Waals surface area (Å²) >= 11 is 0. The summed E-state index contributed by atoms with van der Waals surface area (Å²) in [6.07, 6.45) is 3.19. The normalized spacial score (nSPS) is 15.6. The van der Waals surface area contributed by atoms with Crippen LogP contribution in [0.25, 0.3) is 16.7 Å². The van der Waals surface area contributed by atoms with Gasteiger partial charge in [-0.2, -0.15) is 0 Å². The first kappa shape index (κ1) is 20.3. The molecule has 3 aromatic heterocycles. The minimum Gasteiger partial charge on any atom is -0.355 e. The highest BCUT2D eigenvalue weighted by Crippen LogP contribution is 2.27. The van der Waals surface area contributed by atoms with Crippen molar-refractivity contribution in [1.29, 1.82) is 0 Å². The van der Waals surface area contributed by atoms with Crippen molar-refractivity contribution in [1.82, 2.24) is 40.5 Å². The number of fused-ring (bicyclic) bond motifs is 2. The Hall–Kier alpha value is -4.34. The predicted molar refractivity (Wildman–Crippen MR) is 126 cm³/mol. The third kappa shape index (κ3) is 3.83. The van der Waals surface area contributed by atoms with Gasteiger partial charge in [0, 0.05) is 19.0 Å². The average Bonchev–Trinajstić information content (AvgIpc) is 3.56. The van der Waals surface area contributed by atoms with Crippen LogP contribution in [0.5, 0.6) is 0 Å². The van der Waals surface area contributed by atoms with Crippen LogP contribution in [0, 0.1) is 5.92 Å². The Morgan fingerprint density at radius 3 is 2.74 bits per heavy atom. The number of piperidine rings is 1. The fourth-order valence-corrected chi connectivity index (χ4v) is 4.58. The molecule has 34 heavy (non-hydrogen) atoms. The number of tetrazole rings is 1. The Balaban J connectivity index is 1.18. The molecule has 0 radical (unpaired) electrons. The van der Waals surface area contributed by atoms with Crippen molar-refractivity contribution in [2.45, 2.75) is 18.9 Å². The van der Waals surface area contributed by atoms with Crippen LogP contribution >= 0.6 is 0 Å². The van der Waals surface area contributed by atoms with Crippen LogP contribution in [0.2, 0.25) is 0 Å². The molecule has 10 heteroatoms. The van der Waals surface area contributed by atoms with Gasteiger partial charge in [-0.05, 0) is 58.7 Å². The molecule has 1 unspecified atom stereocenters. The SMILES string of the molecule is O=C(NC(c1ccccc1)c1ccc2nc[nH]c2c1)C1CCN(c2ccc3nnnn3n2)CC1. The van der Waals surface area contributed by atoms with Gasteiger partial charge in [0.05, 0.1) is 23.4 Å². The lowest BCUT2D eigenvalue weighted by Gasteiger charge is -2.32. The van der Waals surface area contributed by atoms with Crippen LogP contribution in [-0.4, -0.2) is 54.2 Å². The molecule has 4 heterocycles. The largest absolute Gasteiger partial charge is 0.355 e. The molecule has 10 nitrogen and oxygen atoms in total. The first-order valence-corrected chi connectivity index (χ1v) is 11.3. The summed E-state index contributed by atoms with van der Waals surface area (Å²) in [4.78, 5) is 23.0. The number of aromatic amines is 1. The second-order valence-corrected chi connectivity index (χ2v) is 8.51. The van der Waals surface area contributed by atoms with Crippen LogP contribution in [0.4, 0.5) is 5.82 Å². The zero-order chi connectivity index (χ0) is 22.9. The second kappa shape index (κ2) is 8.54. The molecule has 0 bridgehead atoms. The number of rotatable bonds is 5. The maximum atomic E-state index is 13.4. The highest BCUT2D eigenvalue weighted by Gasteiger charge is 2.28. The number of H-pyrrole nitrogens is 1. The third-order valence-corrected chi connectivity index (χ3v) is 6.44. The van der Waals surface area contributed by atoms with Gasteiger partial charge in [0.2, 0.25) is 5.91 Å². The van der Waals surface area contributed by atoms with Crippen LogP contribution < -0.4 is 10.2 Å². The molecule has 5 aromatic rings. The molecule has 1 aliphatic rings. The van der Waals surface area contributed by atoms with E-state index in [9.17, 15) is 4.79 Å². The molecule has 170 valence electrons. The van der Waals surface area contributed by atoms with Crippen molar-refractivity contribution in [2.24, 2.45) is 5.92 Å². The van der Waals surface area contributed by atoms with E-state index in [2.05, 4.69) is 46.9 Å². The summed E-state index contributed by atoms with van der Waals surface area (Å²) in [6.45, 7) is 1.49.